The Hall–Kier alpha value is -2.83. The van der Waals surface area contributed by atoms with Crippen LogP contribution in [0.1, 0.15) is 32.4 Å². The third-order valence-electron chi connectivity index (χ3n) is 6.08. The highest BCUT2D eigenvalue weighted by Gasteiger charge is 2.54. The topological polar surface area (TPSA) is 126 Å². The highest BCUT2D eigenvalue weighted by molar-refractivity contribution is 7.88. The smallest absolute Gasteiger partial charge is 0.409 e. The molecule has 0 spiro atoms. The molecular weight excluding hydrogens is 492 g/mol. The SMILES string of the molecule is CC(C)CC(NC(=O)Oc1ccsc1)C(=O)N1CCC2C1C(=O)CN2S(=O)(=O)Cc1ccccn1. The molecule has 10 nitrogen and oxygen atoms in total. The van der Waals surface area contributed by atoms with Gasteiger partial charge in [0, 0.05) is 18.1 Å². The molecule has 2 amide bonds. The van der Waals surface area contributed by atoms with E-state index in [2.05, 4.69) is 10.3 Å². The van der Waals surface area contributed by atoms with E-state index in [4.69, 9.17) is 4.74 Å². The molecule has 0 aromatic carbocycles. The van der Waals surface area contributed by atoms with Crippen LogP contribution in [0.3, 0.4) is 0 Å². The number of nitrogens with one attached hydrogen (secondary N) is 1. The summed E-state index contributed by atoms with van der Waals surface area (Å²) in [5.74, 6) is -0.590. The zero-order chi connectivity index (χ0) is 25.2. The maximum Gasteiger partial charge on any atom is 0.413 e. The average molecular weight is 521 g/mol. The minimum absolute atomic E-state index is 0.0818. The van der Waals surface area contributed by atoms with E-state index in [-0.39, 0.29) is 30.5 Å². The molecule has 2 aliphatic heterocycles. The van der Waals surface area contributed by atoms with E-state index in [0.29, 0.717) is 24.3 Å². The van der Waals surface area contributed by atoms with Crippen LogP contribution in [-0.4, -0.2) is 71.6 Å². The molecule has 0 saturated carbocycles. The summed E-state index contributed by atoms with van der Waals surface area (Å²) in [7, 11) is -3.81. The largest absolute Gasteiger partial charge is 0.413 e. The van der Waals surface area contributed by atoms with Gasteiger partial charge in [0.25, 0.3) is 0 Å². The van der Waals surface area contributed by atoms with Gasteiger partial charge in [0.1, 0.15) is 23.6 Å². The van der Waals surface area contributed by atoms with Gasteiger partial charge in [-0.1, -0.05) is 19.9 Å². The number of nitrogens with zero attached hydrogens (tertiary/aromatic N) is 3. The van der Waals surface area contributed by atoms with Crippen molar-refractivity contribution in [1.82, 2.24) is 19.5 Å². The molecule has 2 fully saturated rings. The first-order valence-electron chi connectivity index (χ1n) is 11.4. The van der Waals surface area contributed by atoms with Crippen molar-refractivity contribution in [1.29, 1.82) is 0 Å². The molecule has 0 radical (unpaired) electrons. The summed E-state index contributed by atoms with van der Waals surface area (Å²) >= 11 is 1.38. The quantitative estimate of drug-likeness (QED) is 0.564. The van der Waals surface area contributed by atoms with E-state index in [1.807, 2.05) is 13.8 Å². The highest BCUT2D eigenvalue weighted by Crippen LogP contribution is 2.33. The molecule has 3 unspecified atom stereocenters. The molecule has 3 atom stereocenters. The number of ether oxygens (including phenoxy) is 1. The molecule has 2 aliphatic rings. The van der Waals surface area contributed by atoms with E-state index >= 15 is 0 Å². The van der Waals surface area contributed by atoms with Crippen LogP contribution in [0.2, 0.25) is 0 Å². The highest BCUT2D eigenvalue weighted by atomic mass is 32.2. The Bertz CT molecular complexity index is 1170. The molecule has 1 N–H and O–H groups in total. The Morgan fingerprint density at radius 1 is 1.29 bits per heavy atom. The number of carbonyl (C=O) groups excluding carboxylic acids is 3. The fourth-order valence-corrected chi connectivity index (χ4v) is 6.84. The molecule has 0 bridgehead atoms. The summed E-state index contributed by atoms with van der Waals surface area (Å²) in [6, 6.07) is 4.27. The van der Waals surface area contributed by atoms with Crippen molar-refractivity contribution < 1.29 is 27.5 Å². The number of carbonyl (C=O) groups is 3. The minimum atomic E-state index is -3.81. The second-order valence-corrected chi connectivity index (χ2v) is 11.8. The number of aromatic nitrogens is 1. The number of rotatable bonds is 8. The van der Waals surface area contributed by atoms with E-state index in [1.165, 1.54) is 26.7 Å². The maximum atomic E-state index is 13.5. The van der Waals surface area contributed by atoms with Gasteiger partial charge in [0.2, 0.25) is 15.9 Å². The second kappa shape index (κ2) is 10.4. The Balaban J connectivity index is 1.48. The molecule has 35 heavy (non-hydrogen) atoms. The fraction of sp³-hybridized carbons (Fsp3) is 0.478. The first-order chi connectivity index (χ1) is 16.7. The summed E-state index contributed by atoms with van der Waals surface area (Å²) in [5.41, 5.74) is 0.389. The summed E-state index contributed by atoms with van der Waals surface area (Å²) in [5, 5.41) is 6.07. The van der Waals surface area contributed by atoms with Crippen LogP contribution >= 0.6 is 11.3 Å². The third-order valence-corrected chi connectivity index (χ3v) is 8.51. The molecule has 0 aliphatic carbocycles. The molecule has 188 valence electrons. The van der Waals surface area contributed by atoms with Gasteiger partial charge >= 0.3 is 6.09 Å². The summed E-state index contributed by atoms with van der Waals surface area (Å²) < 4.78 is 32.6. The Labute approximate surface area is 208 Å². The van der Waals surface area contributed by atoms with E-state index in [1.54, 1.807) is 35.0 Å². The van der Waals surface area contributed by atoms with Crippen LogP contribution < -0.4 is 10.1 Å². The predicted octanol–water partition coefficient (Wildman–Crippen LogP) is 2.03. The van der Waals surface area contributed by atoms with Gasteiger partial charge in [-0.2, -0.15) is 4.31 Å². The minimum Gasteiger partial charge on any atom is -0.409 e. The predicted molar refractivity (Wildman–Crippen MR) is 129 cm³/mol. The lowest BCUT2D eigenvalue weighted by atomic mass is 10.0. The normalized spacial score (nSPS) is 21.2. The third kappa shape index (κ3) is 5.71. The van der Waals surface area contributed by atoms with Crippen molar-refractivity contribution in [3.63, 3.8) is 0 Å². The van der Waals surface area contributed by atoms with Crippen LogP contribution in [-0.2, 0) is 25.4 Å². The van der Waals surface area contributed by atoms with Gasteiger partial charge in [-0.25, -0.2) is 13.2 Å². The van der Waals surface area contributed by atoms with Crippen molar-refractivity contribution in [2.45, 2.75) is 50.6 Å². The second-order valence-electron chi connectivity index (χ2n) is 9.10. The molecule has 2 aromatic heterocycles. The van der Waals surface area contributed by atoms with Gasteiger partial charge in [-0.15, -0.1) is 11.3 Å². The molecule has 12 heteroatoms. The van der Waals surface area contributed by atoms with Gasteiger partial charge < -0.3 is 15.0 Å². The van der Waals surface area contributed by atoms with Gasteiger partial charge in [0.15, 0.2) is 5.78 Å². The maximum absolute atomic E-state index is 13.5. The summed E-state index contributed by atoms with van der Waals surface area (Å²) in [6.45, 7) is 3.79. The lowest BCUT2D eigenvalue weighted by molar-refractivity contribution is -0.138. The molecule has 2 saturated heterocycles. The number of hydrogen-bond donors (Lipinski definition) is 1. The number of thiophene rings is 1. The number of hydrogen-bond acceptors (Lipinski definition) is 8. The lowest BCUT2D eigenvalue weighted by Crippen LogP contribution is -2.53. The van der Waals surface area contributed by atoms with Crippen molar-refractivity contribution in [3.8, 4) is 5.75 Å². The fourth-order valence-electron chi connectivity index (χ4n) is 4.62. The van der Waals surface area contributed by atoms with Crippen LogP contribution in [0, 0.1) is 5.92 Å². The monoisotopic (exact) mass is 520 g/mol. The Morgan fingerprint density at radius 2 is 2.09 bits per heavy atom. The van der Waals surface area contributed by atoms with Crippen LogP contribution in [0.4, 0.5) is 4.79 Å². The van der Waals surface area contributed by atoms with E-state index in [9.17, 15) is 22.8 Å². The van der Waals surface area contributed by atoms with Crippen molar-refractivity contribution in [3.05, 3.63) is 46.9 Å². The standard InChI is InChI=1S/C23H28N4O6S2/c1-15(2)11-18(25-23(30)33-17-7-10-34-13-17)22(29)26-9-6-19-21(26)20(28)12-27(19)35(31,32)14-16-5-3-4-8-24-16/h3-5,7-8,10,13,15,18-19,21H,6,9,11-12,14H2,1-2H3,(H,25,30). The summed E-state index contributed by atoms with van der Waals surface area (Å²) in [6.07, 6.45) is 1.46. The van der Waals surface area contributed by atoms with Gasteiger partial charge in [-0.05, 0) is 42.3 Å². The first kappa shape index (κ1) is 25.3. The first-order valence-corrected chi connectivity index (χ1v) is 13.9. The average Bonchev–Trinajstić information content (AvgIpc) is 3.52. The number of pyridine rings is 1. The van der Waals surface area contributed by atoms with Gasteiger partial charge in [0.05, 0.1) is 18.3 Å². The molecule has 4 heterocycles. The zero-order valence-electron chi connectivity index (χ0n) is 19.5. The van der Waals surface area contributed by atoms with Crippen molar-refractivity contribution in [2.24, 2.45) is 5.92 Å². The number of sulfonamides is 1. The van der Waals surface area contributed by atoms with E-state index < -0.39 is 40.1 Å². The number of fused-ring (bicyclic) bond motifs is 1. The number of Topliss-reactive ketones (excluding diaryl/α,β-unsaturated/α-hetero) is 1. The van der Waals surface area contributed by atoms with Crippen LogP contribution in [0.25, 0.3) is 0 Å². The molecule has 4 rings (SSSR count). The number of ketones is 1. The van der Waals surface area contributed by atoms with Crippen LogP contribution in [0.15, 0.2) is 41.2 Å². The Kier molecular flexibility index (Phi) is 7.53. The van der Waals surface area contributed by atoms with Crippen molar-refractivity contribution >= 4 is 39.1 Å². The molecular formula is C23H28N4O6S2. The summed E-state index contributed by atoms with van der Waals surface area (Å²) in [4.78, 5) is 44.3. The van der Waals surface area contributed by atoms with Gasteiger partial charge in [-0.3, -0.25) is 14.6 Å². The Morgan fingerprint density at radius 3 is 2.74 bits per heavy atom. The zero-order valence-corrected chi connectivity index (χ0v) is 21.1. The van der Waals surface area contributed by atoms with E-state index in [0.717, 1.165) is 0 Å². The molecule has 2 aromatic rings. The number of amides is 2. The van der Waals surface area contributed by atoms with Crippen molar-refractivity contribution in [2.75, 3.05) is 13.1 Å². The van der Waals surface area contributed by atoms with Crippen LogP contribution in [0.5, 0.6) is 5.75 Å². The lowest BCUT2D eigenvalue weighted by Gasteiger charge is -2.28. The number of likely N-dealkylation sites (tertiary alicyclic amines) is 1.